The maximum atomic E-state index is 12.4. The number of benzene rings is 1. The second-order valence-electron chi connectivity index (χ2n) is 9.98. The summed E-state index contributed by atoms with van der Waals surface area (Å²) in [7, 11) is 0. The van der Waals surface area contributed by atoms with Crippen molar-refractivity contribution in [2.45, 2.75) is 111 Å². The van der Waals surface area contributed by atoms with Crippen LogP contribution in [0.2, 0.25) is 0 Å². The molecule has 226 valence electrons. The lowest BCUT2D eigenvalue weighted by molar-refractivity contribution is -0.152. The molecule has 0 fully saturated rings. The van der Waals surface area contributed by atoms with E-state index in [4.69, 9.17) is 23.7 Å². The van der Waals surface area contributed by atoms with Crippen molar-refractivity contribution in [1.82, 2.24) is 5.32 Å². The third-order valence-corrected chi connectivity index (χ3v) is 6.10. The highest BCUT2D eigenvalue weighted by Gasteiger charge is 2.23. The van der Waals surface area contributed by atoms with E-state index < -0.39 is 30.4 Å². The van der Waals surface area contributed by atoms with E-state index >= 15 is 0 Å². The van der Waals surface area contributed by atoms with Crippen LogP contribution in [0.4, 0.5) is 9.59 Å². The van der Waals surface area contributed by atoms with Crippen molar-refractivity contribution in [2.75, 3.05) is 6.54 Å². The molecule has 11 nitrogen and oxygen atoms in total. The van der Waals surface area contributed by atoms with E-state index in [1.807, 2.05) is 20.8 Å². The molecule has 5 atom stereocenters. The van der Waals surface area contributed by atoms with Crippen LogP contribution in [-0.4, -0.2) is 60.3 Å². The monoisotopic (exact) mass is 567 g/mol. The summed E-state index contributed by atoms with van der Waals surface area (Å²) >= 11 is 0. The van der Waals surface area contributed by atoms with Crippen LogP contribution in [-0.2, 0) is 30.2 Å². The maximum absolute atomic E-state index is 12.4. The zero-order valence-electron chi connectivity index (χ0n) is 24.7. The third kappa shape index (κ3) is 13.1. The molecule has 1 aromatic rings. The number of hydrogen-bond acceptors (Lipinski definition) is 10. The Kier molecular flexibility index (Phi) is 15.7. The number of carbonyl (C=O) groups is 4. The highest BCUT2D eigenvalue weighted by Crippen LogP contribution is 2.30. The number of hydrogen-bond donors (Lipinski definition) is 2. The van der Waals surface area contributed by atoms with Crippen molar-refractivity contribution in [1.29, 1.82) is 0 Å². The second kappa shape index (κ2) is 18.1. The summed E-state index contributed by atoms with van der Waals surface area (Å²) in [6, 6.07) is 3.32. The smallest absolute Gasteiger partial charge is 0.480 e. The highest BCUT2D eigenvalue weighted by molar-refractivity contribution is 5.74. The molecule has 0 bridgehead atoms. The first kappa shape index (κ1) is 34.7. The Morgan fingerprint density at radius 3 is 1.85 bits per heavy atom. The Balaban J connectivity index is 3.05. The first-order valence-corrected chi connectivity index (χ1v) is 14.0. The SMILES string of the molecule is CCCC(C)OC(=O)Oc1ccc(C[C@H](NCC(C)OC(=O)C(C)CC)C(=O)O)cc1OC(=O)OC(C)CCC. The van der Waals surface area contributed by atoms with Crippen LogP contribution in [0.5, 0.6) is 11.5 Å². The van der Waals surface area contributed by atoms with Gasteiger partial charge in [0.15, 0.2) is 11.5 Å². The van der Waals surface area contributed by atoms with E-state index in [1.165, 1.54) is 12.1 Å². The van der Waals surface area contributed by atoms with Gasteiger partial charge in [0.1, 0.15) is 24.4 Å². The van der Waals surface area contributed by atoms with Crippen LogP contribution in [0, 0.1) is 5.92 Å². The summed E-state index contributed by atoms with van der Waals surface area (Å²) < 4.78 is 26.5. The largest absolute Gasteiger partial charge is 0.514 e. The number of aliphatic carboxylic acids is 1. The number of nitrogens with one attached hydrogen (secondary N) is 1. The first-order chi connectivity index (χ1) is 18.9. The van der Waals surface area contributed by atoms with E-state index in [9.17, 15) is 24.3 Å². The Labute approximate surface area is 236 Å². The topological polar surface area (TPSA) is 147 Å². The number of carboxylic acid groups (broad SMARTS) is 1. The molecule has 0 aliphatic rings. The minimum Gasteiger partial charge on any atom is -0.480 e. The van der Waals surface area contributed by atoms with Gasteiger partial charge in [-0.3, -0.25) is 9.59 Å². The molecule has 1 rings (SSSR count). The molecule has 0 amide bonds. The van der Waals surface area contributed by atoms with Crippen LogP contribution < -0.4 is 14.8 Å². The second-order valence-corrected chi connectivity index (χ2v) is 9.98. The van der Waals surface area contributed by atoms with Crippen LogP contribution >= 0.6 is 0 Å². The summed E-state index contributed by atoms with van der Waals surface area (Å²) in [5.41, 5.74) is 0.480. The molecule has 0 aliphatic carbocycles. The van der Waals surface area contributed by atoms with Crippen LogP contribution in [0.3, 0.4) is 0 Å². The van der Waals surface area contributed by atoms with Gasteiger partial charge in [-0.25, -0.2) is 9.59 Å². The van der Waals surface area contributed by atoms with Crippen LogP contribution in [0.15, 0.2) is 18.2 Å². The van der Waals surface area contributed by atoms with Gasteiger partial charge in [0, 0.05) is 6.54 Å². The fourth-order valence-corrected chi connectivity index (χ4v) is 3.64. The van der Waals surface area contributed by atoms with Crippen molar-refractivity contribution in [3.8, 4) is 11.5 Å². The maximum Gasteiger partial charge on any atom is 0.514 e. The summed E-state index contributed by atoms with van der Waals surface area (Å²) in [4.78, 5) is 48.7. The molecule has 11 heteroatoms. The van der Waals surface area contributed by atoms with Crippen molar-refractivity contribution in [2.24, 2.45) is 5.92 Å². The Bertz CT molecular complexity index is 966. The fraction of sp³-hybridized carbons (Fsp3) is 0.655. The van der Waals surface area contributed by atoms with Gasteiger partial charge in [-0.2, -0.15) is 0 Å². The number of rotatable bonds is 17. The van der Waals surface area contributed by atoms with Crippen molar-refractivity contribution in [3.63, 3.8) is 0 Å². The lowest BCUT2D eigenvalue weighted by atomic mass is 10.0. The molecular weight excluding hydrogens is 522 g/mol. The number of ether oxygens (including phenoxy) is 5. The van der Waals surface area contributed by atoms with Crippen molar-refractivity contribution < 1.29 is 48.0 Å². The van der Waals surface area contributed by atoms with E-state index in [0.717, 1.165) is 12.8 Å². The predicted octanol–water partition coefficient (Wildman–Crippen LogP) is 5.66. The van der Waals surface area contributed by atoms with Gasteiger partial charge in [-0.1, -0.05) is 46.6 Å². The van der Waals surface area contributed by atoms with Gasteiger partial charge in [0.05, 0.1) is 5.92 Å². The molecule has 2 N–H and O–H groups in total. The van der Waals surface area contributed by atoms with Gasteiger partial charge in [0.2, 0.25) is 0 Å². The van der Waals surface area contributed by atoms with Gasteiger partial charge in [-0.15, -0.1) is 0 Å². The van der Waals surface area contributed by atoms with Gasteiger partial charge in [0.25, 0.3) is 0 Å². The van der Waals surface area contributed by atoms with E-state index in [1.54, 1.807) is 33.8 Å². The molecule has 0 saturated carbocycles. The lowest BCUT2D eigenvalue weighted by Crippen LogP contribution is -2.43. The van der Waals surface area contributed by atoms with Crippen molar-refractivity contribution in [3.05, 3.63) is 23.8 Å². The minimum absolute atomic E-state index is 0.00271. The predicted molar refractivity (Wildman–Crippen MR) is 148 cm³/mol. The number of esters is 1. The third-order valence-electron chi connectivity index (χ3n) is 6.10. The lowest BCUT2D eigenvalue weighted by Gasteiger charge is -2.20. The Hall–Kier alpha value is -3.34. The van der Waals surface area contributed by atoms with Gasteiger partial charge < -0.3 is 34.1 Å². The zero-order chi connectivity index (χ0) is 30.2. The van der Waals surface area contributed by atoms with E-state index in [0.29, 0.717) is 24.8 Å². The minimum atomic E-state index is -1.12. The standard InChI is InChI=1S/C29H45NO10/c1-8-11-19(5)37-28(34)39-24-14-13-22(16-25(24)40-29(35)38-20(6)12-9-2)15-23(26(31)32)30-17-21(7)36-27(33)18(4)10-3/h13-14,16,18-21,23,30H,8-12,15,17H2,1-7H3,(H,31,32)/t18?,19?,20?,21?,23-/m0/s1. The van der Waals surface area contributed by atoms with Gasteiger partial charge in [-0.05, 0) is 64.2 Å². The molecule has 0 spiro atoms. The first-order valence-electron chi connectivity index (χ1n) is 14.0. The molecule has 0 aliphatic heterocycles. The molecule has 40 heavy (non-hydrogen) atoms. The Morgan fingerprint density at radius 2 is 1.35 bits per heavy atom. The molecule has 0 aromatic heterocycles. The molecular formula is C29H45NO10. The number of carbonyl (C=O) groups excluding carboxylic acids is 3. The van der Waals surface area contributed by atoms with E-state index in [-0.39, 0.29) is 48.6 Å². The average Bonchev–Trinajstić information content (AvgIpc) is 2.87. The van der Waals surface area contributed by atoms with E-state index in [2.05, 4.69) is 5.32 Å². The Morgan fingerprint density at radius 1 is 0.800 bits per heavy atom. The van der Waals surface area contributed by atoms with Gasteiger partial charge >= 0.3 is 24.2 Å². The van der Waals surface area contributed by atoms with Crippen molar-refractivity contribution >= 4 is 24.2 Å². The molecule has 4 unspecified atom stereocenters. The summed E-state index contributed by atoms with van der Waals surface area (Å²) in [5, 5.41) is 12.7. The molecule has 0 heterocycles. The molecule has 0 saturated heterocycles. The summed E-state index contributed by atoms with van der Waals surface area (Å²) in [5.74, 6) is -1.91. The normalized spacial score (nSPS) is 14.7. The molecule has 0 radical (unpaired) electrons. The summed E-state index contributed by atoms with van der Waals surface area (Å²) in [6.07, 6.45) is 0.304. The average molecular weight is 568 g/mol. The number of carboxylic acids is 1. The van der Waals surface area contributed by atoms with Crippen LogP contribution in [0.1, 0.15) is 86.1 Å². The fourth-order valence-electron chi connectivity index (χ4n) is 3.64. The highest BCUT2D eigenvalue weighted by atomic mass is 16.7. The quantitative estimate of drug-likeness (QED) is 0.137. The summed E-state index contributed by atoms with van der Waals surface area (Å²) in [6.45, 7) is 12.8. The molecule has 1 aromatic carbocycles. The zero-order valence-corrected chi connectivity index (χ0v) is 24.7. The van der Waals surface area contributed by atoms with Crippen LogP contribution in [0.25, 0.3) is 0 Å².